The second-order valence-electron chi connectivity index (χ2n) is 4.56. The maximum absolute atomic E-state index is 12.5. The van der Waals surface area contributed by atoms with Crippen LogP contribution in [0.1, 0.15) is 11.4 Å². The highest BCUT2D eigenvalue weighted by Gasteiger charge is 2.06. The SMILES string of the molecule is Cc1nc2ccccc2c(=O)n1/N=C/c1ccccc1Br. The molecular formula is C16H12BrN3O. The van der Waals surface area contributed by atoms with Gasteiger partial charge in [-0.1, -0.05) is 46.3 Å². The highest BCUT2D eigenvalue weighted by molar-refractivity contribution is 9.10. The van der Waals surface area contributed by atoms with E-state index in [-0.39, 0.29) is 5.56 Å². The summed E-state index contributed by atoms with van der Waals surface area (Å²) in [6.45, 7) is 1.77. The van der Waals surface area contributed by atoms with Gasteiger partial charge >= 0.3 is 0 Å². The number of halogens is 1. The first-order valence-corrected chi connectivity index (χ1v) is 7.23. The third kappa shape index (κ3) is 2.64. The van der Waals surface area contributed by atoms with E-state index in [9.17, 15) is 4.79 Å². The molecule has 3 rings (SSSR count). The first-order valence-electron chi connectivity index (χ1n) is 6.44. The third-order valence-electron chi connectivity index (χ3n) is 3.13. The number of hydrogen-bond donors (Lipinski definition) is 0. The molecular weight excluding hydrogens is 330 g/mol. The van der Waals surface area contributed by atoms with E-state index in [1.165, 1.54) is 4.68 Å². The Morgan fingerprint density at radius 2 is 1.86 bits per heavy atom. The van der Waals surface area contributed by atoms with Gasteiger partial charge in [-0.25, -0.2) is 4.98 Å². The standard InChI is InChI=1S/C16H12BrN3O/c1-11-19-15-9-5-3-7-13(15)16(21)20(11)18-10-12-6-2-4-8-14(12)17/h2-10H,1H3/b18-10+. The van der Waals surface area contributed by atoms with E-state index in [1.54, 1.807) is 19.2 Å². The molecule has 4 nitrogen and oxygen atoms in total. The minimum absolute atomic E-state index is 0.165. The van der Waals surface area contributed by atoms with Crippen molar-refractivity contribution in [2.45, 2.75) is 6.92 Å². The van der Waals surface area contributed by atoms with Gasteiger partial charge in [0, 0.05) is 10.0 Å². The fourth-order valence-corrected chi connectivity index (χ4v) is 2.46. The van der Waals surface area contributed by atoms with Gasteiger partial charge in [-0.15, -0.1) is 0 Å². The Bertz CT molecular complexity index is 899. The quantitative estimate of drug-likeness (QED) is 0.671. The summed E-state index contributed by atoms with van der Waals surface area (Å²) in [5.74, 6) is 0.557. The smallest absolute Gasteiger partial charge is 0.267 e. The molecule has 3 aromatic rings. The van der Waals surface area contributed by atoms with E-state index in [0.717, 1.165) is 10.0 Å². The molecule has 1 aromatic heterocycles. The van der Waals surface area contributed by atoms with Crippen LogP contribution in [0.25, 0.3) is 10.9 Å². The van der Waals surface area contributed by atoms with E-state index in [0.29, 0.717) is 16.7 Å². The van der Waals surface area contributed by atoms with Crippen molar-refractivity contribution in [3.63, 3.8) is 0 Å². The minimum atomic E-state index is -0.165. The summed E-state index contributed by atoms with van der Waals surface area (Å²) in [6, 6.07) is 15.0. The van der Waals surface area contributed by atoms with E-state index >= 15 is 0 Å². The normalized spacial score (nSPS) is 11.3. The number of benzene rings is 2. The van der Waals surface area contributed by atoms with Gasteiger partial charge in [-0.2, -0.15) is 9.78 Å². The van der Waals surface area contributed by atoms with Crippen LogP contribution in [0.5, 0.6) is 0 Å². The van der Waals surface area contributed by atoms with Gasteiger partial charge < -0.3 is 0 Å². The Morgan fingerprint density at radius 3 is 2.67 bits per heavy atom. The highest BCUT2D eigenvalue weighted by atomic mass is 79.9. The molecule has 0 aliphatic rings. The predicted molar refractivity (Wildman–Crippen MR) is 87.9 cm³/mol. The molecule has 2 aromatic carbocycles. The zero-order valence-corrected chi connectivity index (χ0v) is 12.9. The van der Waals surface area contributed by atoms with Crippen molar-refractivity contribution in [2.75, 3.05) is 0 Å². The molecule has 0 N–H and O–H groups in total. The summed E-state index contributed by atoms with van der Waals surface area (Å²) in [4.78, 5) is 16.9. The molecule has 104 valence electrons. The number of nitrogens with zero attached hydrogens (tertiary/aromatic N) is 3. The molecule has 0 saturated heterocycles. The van der Waals surface area contributed by atoms with Gasteiger partial charge in [0.25, 0.3) is 5.56 Å². The summed E-state index contributed by atoms with van der Waals surface area (Å²) in [6.07, 6.45) is 1.65. The Kier molecular flexibility index (Phi) is 3.66. The van der Waals surface area contributed by atoms with Crippen LogP contribution in [0.2, 0.25) is 0 Å². The molecule has 5 heteroatoms. The molecule has 1 heterocycles. The average Bonchev–Trinajstić information content (AvgIpc) is 2.49. The zero-order valence-electron chi connectivity index (χ0n) is 11.3. The van der Waals surface area contributed by atoms with E-state index in [4.69, 9.17) is 0 Å². The number of hydrogen-bond acceptors (Lipinski definition) is 3. The van der Waals surface area contributed by atoms with E-state index in [2.05, 4.69) is 26.0 Å². The van der Waals surface area contributed by atoms with Gasteiger partial charge in [-0.3, -0.25) is 4.79 Å². The summed E-state index contributed by atoms with van der Waals surface area (Å²) in [5.41, 5.74) is 1.42. The molecule has 0 aliphatic carbocycles. The number of aryl methyl sites for hydroxylation is 1. The van der Waals surface area contributed by atoms with Crippen molar-refractivity contribution in [3.05, 3.63) is 74.7 Å². The van der Waals surface area contributed by atoms with Crippen molar-refractivity contribution in [1.82, 2.24) is 9.66 Å². The number of aromatic nitrogens is 2. The molecule has 21 heavy (non-hydrogen) atoms. The first kappa shape index (κ1) is 13.7. The summed E-state index contributed by atoms with van der Waals surface area (Å²) in [5, 5.41) is 4.84. The van der Waals surface area contributed by atoms with Crippen LogP contribution in [0, 0.1) is 6.92 Å². The van der Waals surface area contributed by atoms with Gasteiger partial charge in [-0.05, 0) is 25.1 Å². The summed E-state index contributed by atoms with van der Waals surface area (Å²) < 4.78 is 2.25. The average molecular weight is 342 g/mol. The highest BCUT2D eigenvalue weighted by Crippen LogP contribution is 2.13. The summed E-state index contributed by atoms with van der Waals surface area (Å²) >= 11 is 3.45. The molecule has 0 aliphatic heterocycles. The van der Waals surface area contributed by atoms with Gasteiger partial charge in [0.2, 0.25) is 0 Å². The lowest BCUT2D eigenvalue weighted by Crippen LogP contribution is -2.20. The van der Waals surface area contributed by atoms with E-state index < -0.39 is 0 Å². The van der Waals surface area contributed by atoms with Gasteiger partial charge in [0.05, 0.1) is 17.1 Å². The topological polar surface area (TPSA) is 47.2 Å². The van der Waals surface area contributed by atoms with Crippen molar-refractivity contribution in [2.24, 2.45) is 5.10 Å². The maximum Gasteiger partial charge on any atom is 0.282 e. The Labute approximate surface area is 129 Å². The molecule has 0 fully saturated rings. The molecule has 0 unspecified atom stereocenters. The zero-order chi connectivity index (χ0) is 14.8. The first-order chi connectivity index (χ1) is 10.2. The number of para-hydroxylation sites is 1. The van der Waals surface area contributed by atoms with Crippen LogP contribution in [-0.2, 0) is 0 Å². The van der Waals surface area contributed by atoms with Crippen molar-refractivity contribution in [3.8, 4) is 0 Å². The van der Waals surface area contributed by atoms with Crippen LogP contribution >= 0.6 is 15.9 Å². The Balaban J connectivity index is 2.13. The molecule has 0 radical (unpaired) electrons. The van der Waals surface area contributed by atoms with Crippen LogP contribution in [0.4, 0.5) is 0 Å². The van der Waals surface area contributed by atoms with Crippen LogP contribution in [0.15, 0.2) is 62.9 Å². The fraction of sp³-hybridized carbons (Fsp3) is 0.0625. The van der Waals surface area contributed by atoms with Gasteiger partial charge in [0.1, 0.15) is 5.82 Å². The van der Waals surface area contributed by atoms with Crippen LogP contribution < -0.4 is 5.56 Å². The molecule has 0 amide bonds. The lowest BCUT2D eigenvalue weighted by atomic mass is 10.2. The van der Waals surface area contributed by atoms with E-state index in [1.807, 2.05) is 42.5 Å². The minimum Gasteiger partial charge on any atom is -0.267 e. The van der Waals surface area contributed by atoms with Crippen molar-refractivity contribution >= 4 is 33.0 Å². The molecule has 0 bridgehead atoms. The maximum atomic E-state index is 12.5. The van der Waals surface area contributed by atoms with Crippen LogP contribution in [-0.4, -0.2) is 15.9 Å². The lowest BCUT2D eigenvalue weighted by molar-refractivity contribution is 0.771. The van der Waals surface area contributed by atoms with Crippen LogP contribution in [0.3, 0.4) is 0 Å². The fourth-order valence-electron chi connectivity index (χ4n) is 2.07. The largest absolute Gasteiger partial charge is 0.282 e. The third-order valence-corrected chi connectivity index (χ3v) is 3.86. The Hall–Kier alpha value is -2.27. The van der Waals surface area contributed by atoms with Crippen molar-refractivity contribution < 1.29 is 0 Å². The summed E-state index contributed by atoms with van der Waals surface area (Å²) in [7, 11) is 0. The Morgan fingerprint density at radius 1 is 1.14 bits per heavy atom. The predicted octanol–water partition coefficient (Wildman–Crippen LogP) is 3.35. The number of rotatable bonds is 2. The molecule has 0 atom stereocenters. The molecule has 0 spiro atoms. The van der Waals surface area contributed by atoms with Gasteiger partial charge in [0.15, 0.2) is 0 Å². The number of fused-ring (bicyclic) bond motifs is 1. The van der Waals surface area contributed by atoms with Crippen molar-refractivity contribution in [1.29, 1.82) is 0 Å². The second kappa shape index (κ2) is 5.61. The lowest BCUT2D eigenvalue weighted by Gasteiger charge is -2.05. The molecule has 0 saturated carbocycles. The second-order valence-corrected chi connectivity index (χ2v) is 5.41. The monoisotopic (exact) mass is 341 g/mol.